The van der Waals surface area contributed by atoms with Crippen LogP contribution in [0.2, 0.25) is 0 Å². The lowest BCUT2D eigenvalue weighted by atomic mass is 9.91. The van der Waals surface area contributed by atoms with Crippen molar-refractivity contribution in [2.45, 2.75) is 19.3 Å². The van der Waals surface area contributed by atoms with E-state index in [0.29, 0.717) is 0 Å². The van der Waals surface area contributed by atoms with E-state index in [1.807, 2.05) is 0 Å². The van der Waals surface area contributed by atoms with Crippen LogP contribution in [0.4, 0.5) is 0 Å². The maximum Gasteiger partial charge on any atom is 0.0794 e. The standard InChI is InChI=1S/C31H25N/c1-3-10-24(11-4-1)29-21-26(20-22-18-19-22)30(25-13-5-2-6-14-25)32-31(29)28-17-9-15-23-12-7-8-16-27(23)28/h1-17,21-22H,18-20H2. The van der Waals surface area contributed by atoms with Crippen LogP contribution in [-0.2, 0) is 6.42 Å². The van der Waals surface area contributed by atoms with E-state index in [4.69, 9.17) is 4.98 Å². The monoisotopic (exact) mass is 411 g/mol. The summed E-state index contributed by atoms with van der Waals surface area (Å²) in [6.07, 6.45) is 3.77. The summed E-state index contributed by atoms with van der Waals surface area (Å²) < 4.78 is 0. The van der Waals surface area contributed by atoms with Crippen LogP contribution < -0.4 is 0 Å². The molecule has 0 bridgehead atoms. The molecule has 1 heterocycles. The van der Waals surface area contributed by atoms with Gasteiger partial charge in [-0.1, -0.05) is 103 Å². The Morgan fingerprint density at radius 3 is 2.00 bits per heavy atom. The molecule has 1 heteroatoms. The van der Waals surface area contributed by atoms with Crippen molar-refractivity contribution in [3.05, 3.63) is 115 Å². The molecule has 1 aliphatic carbocycles. The topological polar surface area (TPSA) is 12.9 Å². The van der Waals surface area contributed by atoms with Gasteiger partial charge in [0.1, 0.15) is 0 Å². The SMILES string of the molecule is c1ccc(-c2cc(CC3CC3)c(-c3ccccc3)nc2-c2cccc3ccccc23)cc1. The Morgan fingerprint density at radius 2 is 1.25 bits per heavy atom. The molecular weight excluding hydrogens is 386 g/mol. The Kier molecular flexibility index (Phi) is 4.81. The van der Waals surface area contributed by atoms with E-state index in [1.165, 1.54) is 51.4 Å². The van der Waals surface area contributed by atoms with E-state index < -0.39 is 0 Å². The highest BCUT2D eigenvalue weighted by atomic mass is 14.7. The summed E-state index contributed by atoms with van der Waals surface area (Å²) in [4.78, 5) is 5.42. The van der Waals surface area contributed by atoms with E-state index in [1.54, 1.807) is 0 Å². The van der Waals surface area contributed by atoms with Gasteiger partial charge in [0, 0.05) is 16.7 Å². The second kappa shape index (κ2) is 8.09. The summed E-state index contributed by atoms with van der Waals surface area (Å²) in [5.41, 5.74) is 8.38. The lowest BCUT2D eigenvalue weighted by Crippen LogP contribution is -2.00. The van der Waals surface area contributed by atoms with Crippen molar-refractivity contribution in [2.24, 2.45) is 5.92 Å². The second-order valence-electron chi connectivity index (χ2n) is 8.80. The highest BCUT2D eigenvalue weighted by molar-refractivity contribution is 5.99. The van der Waals surface area contributed by atoms with Crippen molar-refractivity contribution in [3.63, 3.8) is 0 Å². The van der Waals surface area contributed by atoms with Gasteiger partial charge in [0.2, 0.25) is 0 Å². The zero-order valence-corrected chi connectivity index (χ0v) is 18.0. The third kappa shape index (κ3) is 3.61. The summed E-state index contributed by atoms with van der Waals surface area (Å²) in [6.45, 7) is 0. The number of aromatic nitrogens is 1. The maximum atomic E-state index is 5.42. The van der Waals surface area contributed by atoms with Gasteiger partial charge >= 0.3 is 0 Å². The fourth-order valence-electron chi connectivity index (χ4n) is 4.66. The first kappa shape index (κ1) is 19.0. The molecule has 154 valence electrons. The minimum Gasteiger partial charge on any atom is -0.247 e. The first-order valence-corrected chi connectivity index (χ1v) is 11.5. The Hall–Kier alpha value is -3.71. The molecule has 5 aromatic rings. The number of pyridine rings is 1. The Labute approximate surface area is 189 Å². The molecule has 0 N–H and O–H groups in total. The largest absolute Gasteiger partial charge is 0.247 e. The van der Waals surface area contributed by atoms with Gasteiger partial charge in [-0.15, -0.1) is 0 Å². The van der Waals surface area contributed by atoms with Crippen LogP contribution in [-0.4, -0.2) is 4.98 Å². The molecule has 0 spiro atoms. The highest BCUT2D eigenvalue weighted by Crippen LogP contribution is 2.41. The molecule has 1 nitrogen and oxygen atoms in total. The molecule has 1 aliphatic rings. The predicted molar refractivity (Wildman–Crippen MR) is 134 cm³/mol. The first-order valence-electron chi connectivity index (χ1n) is 11.5. The van der Waals surface area contributed by atoms with Crippen LogP contribution in [0.15, 0.2) is 109 Å². The van der Waals surface area contributed by atoms with Crippen molar-refractivity contribution in [3.8, 4) is 33.6 Å². The van der Waals surface area contributed by atoms with Gasteiger partial charge in [0.05, 0.1) is 11.4 Å². The molecule has 0 saturated heterocycles. The molecule has 0 amide bonds. The molecule has 0 aliphatic heterocycles. The first-order chi connectivity index (χ1) is 15.9. The lowest BCUT2D eigenvalue weighted by Gasteiger charge is -2.18. The average molecular weight is 412 g/mol. The minimum atomic E-state index is 0.797. The van der Waals surface area contributed by atoms with Gasteiger partial charge in [-0.3, -0.25) is 0 Å². The lowest BCUT2D eigenvalue weighted by molar-refractivity contribution is 0.830. The molecular formula is C31H25N. The van der Waals surface area contributed by atoms with E-state index in [0.717, 1.165) is 23.7 Å². The van der Waals surface area contributed by atoms with Crippen LogP contribution >= 0.6 is 0 Å². The summed E-state index contributed by atoms with van der Waals surface area (Å²) >= 11 is 0. The van der Waals surface area contributed by atoms with Crippen molar-refractivity contribution >= 4 is 10.8 Å². The summed E-state index contributed by atoms with van der Waals surface area (Å²) in [7, 11) is 0. The van der Waals surface area contributed by atoms with Crippen molar-refractivity contribution in [1.29, 1.82) is 0 Å². The summed E-state index contributed by atoms with van der Waals surface area (Å²) in [6, 6.07) is 39.0. The van der Waals surface area contributed by atoms with Gasteiger partial charge < -0.3 is 0 Å². The Morgan fingerprint density at radius 1 is 0.594 bits per heavy atom. The van der Waals surface area contributed by atoms with E-state index in [2.05, 4.69) is 109 Å². The van der Waals surface area contributed by atoms with E-state index in [9.17, 15) is 0 Å². The van der Waals surface area contributed by atoms with Crippen LogP contribution in [0.1, 0.15) is 18.4 Å². The zero-order valence-electron chi connectivity index (χ0n) is 18.0. The molecule has 0 radical (unpaired) electrons. The quantitative estimate of drug-likeness (QED) is 0.284. The number of fused-ring (bicyclic) bond motifs is 1. The third-order valence-corrected chi connectivity index (χ3v) is 6.48. The van der Waals surface area contributed by atoms with Gasteiger partial charge in [-0.05, 0) is 53.1 Å². The van der Waals surface area contributed by atoms with E-state index in [-0.39, 0.29) is 0 Å². The Balaban J connectivity index is 1.66. The van der Waals surface area contributed by atoms with Crippen molar-refractivity contribution < 1.29 is 0 Å². The van der Waals surface area contributed by atoms with Gasteiger partial charge in [0.25, 0.3) is 0 Å². The van der Waals surface area contributed by atoms with Crippen LogP contribution in [0.25, 0.3) is 44.4 Å². The molecule has 6 rings (SSSR count). The van der Waals surface area contributed by atoms with Gasteiger partial charge in [-0.2, -0.15) is 0 Å². The third-order valence-electron chi connectivity index (χ3n) is 6.48. The predicted octanol–water partition coefficient (Wildman–Crippen LogP) is 8.19. The molecule has 4 aromatic carbocycles. The molecule has 1 aromatic heterocycles. The summed E-state index contributed by atoms with van der Waals surface area (Å²) in [5.74, 6) is 0.797. The molecule has 1 saturated carbocycles. The van der Waals surface area contributed by atoms with Gasteiger partial charge in [-0.25, -0.2) is 4.98 Å². The van der Waals surface area contributed by atoms with Crippen molar-refractivity contribution in [2.75, 3.05) is 0 Å². The number of rotatable bonds is 5. The number of benzene rings is 4. The smallest absolute Gasteiger partial charge is 0.0794 e. The van der Waals surface area contributed by atoms with Gasteiger partial charge in [0.15, 0.2) is 0 Å². The molecule has 32 heavy (non-hydrogen) atoms. The number of nitrogens with zero attached hydrogens (tertiary/aromatic N) is 1. The van der Waals surface area contributed by atoms with Crippen LogP contribution in [0.3, 0.4) is 0 Å². The highest BCUT2D eigenvalue weighted by Gasteiger charge is 2.25. The normalized spacial score (nSPS) is 13.4. The second-order valence-corrected chi connectivity index (χ2v) is 8.80. The Bertz CT molecular complexity index is 1380. The average Bonchev–Trinajstić information content (AvgIpc) is 3.69. The summed E-state index contributed by atoms with van der Waals surface area (Å²) in [5, 5.41) is 2.49. The molecule has 1 fully saturated rings. The number of hydrogen-bond acceptors (Lipinski definition) is 1. The maximum absolute atomic E-state index is 5.42. The molecule has 0 atom stereocenters. The minimum absolute atomic E-state index is 0.797. The zero-order chi connectivity index (χ0) is 21.3. The van der Waals surface area contributed by atoms with Crippen molar-refractivity contribution in [1.82, 2.24) is 4.98 Å². The van der Waals surface area contributed by atoms with E-state index >= 15 is 0 Å². The van der Waals surface area contributed by atoms with Crippen LogP contribution in [0.5, 0.6) is 0 Å². The van der Waals surface area contributed by atoms with Crippen LogP contribution in [0, 0.1) is 5.92 Å². The fourth-order valence-corrected chi connectivity index (χ4v) is 4.66. The number of hydrogen-bond donors (Lipinski definition) is 0. The fraction of sp³-hybridized carbons (Fsp3) is 0.129. The molecule has 0 unspecified atom stereocenters.